The van der Waals surface area contributed by atoms with Gasteiger partial charge in [-0.15, -0.1) is 0 Å². The van der Waals surface area contributed by atoms with Gasteiger partial charge in [0.1, 0.15) is 0 Å². The second-order valence-corrected chi connectivity index (χ2v) is 3.12. The minimum Gasteiger partial charge on any atom is -0.298 e. The lowest BCUT2D eigenvalue weighted by molar-refractivity contribution is 0.844. The third-order valence-corrected chi connectivity index (χ3v) is 2.23. The highest BCUT2D eigenvalue weighted by molar-refractivity contribution is 7.03. The van der Waals surface area contributed by atoms with Gasteiger partial charge in [-0.1, -0.05) is 0 Å². The van der Waals surface area contributed by atoms with Gasteiger partial charge in [-0.05, 0) is 0 Å². The van der Waals surface area contributed by atoms with E-state index in [1.54, 1.807) is 0 Å². The Morgan fingerprint density at radius 3 is 2.77 bits per heavy atom. The van der Waals surface area contributed by atoms with Crippen molar-refractivity contribution < 1.29 is 0 Å². The van der Waals surface area contributed by atoms with Gasteiger partial charge in [-0.25, -0.2) is 9.59 Å². The van der Waals surface area contributed by atoms with Crippen LogP contribution in [0.5, 0.6) is 0 Å². The van der Waals surface area contributed by atoms with Crippen molar-refractivity contribution >= 4 is 25.3 Å². The summed E-state index contributed by atoms with van der Waals surface area (Å²) in [6.45, 7) is 0. The molecular formula is C4H3BN4O3S. The predicted molar refractivity (Wildman–Crippen MR) is 48.2 cm³/mol. The lowest BCUT2D eigenvalue weighted by Gasteiger charge is -1.93. The molecule has 0 aliphatic heterocycles. The molecule has 0 saturated carbocycles. The summed E-state index contributed by atoms with van der Waals surface area (Å²) >= 11 is 0.717. The number of hydrogen-bond acceptors (Lipinski definition) is 5. The van der Waals surface area contributed by atoms with E-state index in [0.29, 0.717) is 11.5 Å². The first-order chi connectivity index (χ1) is 6.11. The van der Waals surface area contributed by atoms with Gasteiger partial charge >= 0.3 is 16.3 Å². The van der Waals surface area contributed by atoms with Gasteiger partial charge in [0, 0.05) is 11.5 Å². The molecule has 9 heteroatoms. The van der Waals surface area contributed by atoms with Crippen molar-refractivity contribution in [1.82, 2.24) is 18.2 Å². The van der Waals surface area contributed by atoms with Crippen LogP contribution < -0.4 is 16.3 Å². The lowest BCUT2D eigenvalue weighted by atomic mass is 10.4. The molecule has 2 heterocycles. The number of hydrogen-bond donors (Lipinski definition) is 1. The highest BCUT2D eigenvalue weighted by Crippen LogP contribution is 1.84. The van der Waals surface area contributed by atoms with Crippen LogP contribution >= 0.6 is 11.5 Å². The molecule has 0 bridgehead atoms. The van der Waals surface area contributed by atoms with Gasteiger partial charge in [0.25, 0.3) is 0 Å². The molecule has 2 aromatic rings. The standard InChI is InChI=1S/C4H3BN4O3S/c5-9-2(10)6-1-7-13-4(12)8(1)3(9)11/h5H2,(H,6,7,10). The van der Waals surface area contributed by atoms with Gasteiger partial charge in [0.2, 0.25) is 13.8 Å². The molecule has 0 aliphatic rings. The fourth-order valence-electron chi connectivity index (χ4n) is 0.906. The minimum atomic E-state index is -0.683. The van der Waals surface area contributed by atoms with E-state index >= 15 is 0 Å². The first-order valence-corrected chi connectivity index (χ1v) is 4.10. The summed E-state index contributed by atoms with van der Waals surface area (Å²) in [6.07, 6.45) is 0. The maximum atomic E-state index is 11.3. The van der Waals surface area contributed by atoms with Crippen molar-refractivity contribution in [2.24, 2.45) is 0 Å². The molecule has 0 saturated heterocycles. The first-order valence-electron chi connectivity index (χ1n) is 3.28. The zero-order valence-corrected chi connectivity index (χ0v) is 7.29. The monoisotopic (exact) mass is 198 g/mol. The molecular weight excluding hydrogens is 195 g/mol. The summed E-state index contributed by atoms with van der Waals surface area (Å²) < 4.78 is 4.05. The number of aromatic nitrogens is 4. The van der Waals surface area contributed by atoms with E-state index < -0.39 is 16.3 Å². The summed E-state index contributed by atoms with van der Waals surface area (Å²) in [5.74, 6) is -0.0110. The van der Waals surface area contributed by atoms with Crippen LogP contribution in [-0.4, -0.2) is 26.2 Å². The van der Waals surface area contributed by atoms with E-state index in [0.717, 1.165) is 8.88 Å². The molecule has 66 valence electrons. The van der Waals surface area contributed by atoms with E-state index in [1.165, 1.54) is 7.98 Å². The summed E-state index contributed by atoms with van der Waals surface area (Å²) in [6, 6.07) is 0. The predicted octanol–water partition coefficient (Wildman–Crippen LogP) is -3.00. The van der Waals surface area contributed by atoms with Gasteiger partial charge in [0.15, 0.2) is 0 Å². The Balaban J connectivity index is 3.26. The van der Waals surface area contributed by atoms with Crippen LogP contribution in [0.2, 0.25) is 0 Å². The molecule has 0 spiro atoms. The second-order valence-electron chi connectivity index (χ2n) is 2.37. The number of nitrogens with one attached hydrogen (secondary N) is 1. The van der Waals surface area contributed by atoms with E-state index in [9.17, 15) is 14.4 Å². The normalized spacial score (nSPS) is 10.8. The zero-order chi connectivity index (χ0) is 9.59. The van der Waals surface area contributed by atoms with Gasteiger partial charge in [-0.2, -0.15) is 9.38 Å². The molecule has 0 atom stereocenters. The topological polar surface area (TPSA) is 89.2 Å². The Bertz CT molecular complexity index is 633. The van der Waals surface area contributed by atoms with Crippen LogP contribution in [0.15, 0.2) is 14.4 Å². The van der Waals surface area contributed by atoms with Crippen molar-refractivity contribution in [2.75, 3.05) is 0 Å². The van der Waals surface area contributed by atoms with Gasteiger partial charge in [0.05, 0.1) is 0 Å². The molecule has 0 aromatic carbocycles. The third kappa shape index (κ3) is 0.969. The van der Waals surface area contributed by atoms with Crippen LogP contribution in [0.3, 0.4) is 0 Å². The Hall–Kier alpha value is -1.64. The highest BCUT2D eigenvalue weighted by Gasteiger charge is 2.07. The van der Waals surface area contributed by atoms with Crippen molar-refractivity contribution in [3.63, 3.8) is 0 Å². The van der Waals surface area contributed by atoms with Crippen molar-refractivity contribution in [2.45, 2.75) is 0 Å². The average molecular weight is 198 g/mol. The molecule has 0 unspecified atom stereocenters. The average Bonchev–Trinajstić information content (AvgIpc) is 2.43. The molecule has 2 rings (SSSR count). The summed E-state index contributed by atoms with van der Waals surface area (Å²) in [5, 5.41) is 0. The Kier molecular flexibility index (Phi) is 1.49. The fraction of sp³-hybridized carbons (Fsp3) is 0. The lowest BCUT2D eigenvalue weighted by Crippen LogP contribution is -2.40. The molecule has 1 N–H and O–H groups in total. The molecule has 2 aromatic heterocycles. The Labute approximate surface area is 74.9 Å². The smallest absolute Gasteiger partial charge is 0.298 e. The third-order valence-electron chi connectivity index (χ3n) is 1.59. The van der Waals surface area contributed by atoms with Crippen molar-refractivity contribution in [1.29, 1.82) is 0 Å². The number of rotatable bonds is 0. The first kappa shape index (κ1) is 7.99. The number of H-pyrrole nitrogens is 1. The largest absolute Gasteiger partial charge is 0.342 e. The fourth-order valence-corrected chi connectivity index (χ4v) is 1.48. The highest BCUT2D eigenvalue weighted by atomic mass is 32.1. The molecule has 0 aliphatic carbocycles. The number of nitrogens with zero attached hydrogens (tertiary/aromatic N) is 3. The van der Waals surface area contributed by atoms with Crippen molar-refractivity contribution in [3.8, 4) is 0 Å². The Morgan fingerprint density at radius 1 is 1.38 bits per heavy atom. The van der Waals surface area contributed by atoms with E-state index in [1.807, 2.05) is 0 Å². The van der Waals surface area contributed by atoms with Crippen LogP contribution in [-0.2, 0) is 0 Å². The van der Waals surface area contributed by atoms with Crippen molar-refractivity contribution in [3.05, 3.63) is 30.6 Å². The van der Waals surface area contributed by atoms with Crippen LogP contribution in [0.25, 0.3) is 5.78 Å². The van der Waals surface area contributed by atoms with E-state index in [2.05, 4.69) is 9.36 Å². The quantitative estimate of drug-likeness (QED) is 0.457. The summed E-state index contributed by atoms with van der Waals surface area (Å²) in [5.41, 5.74) is -1.36. The van der Waals surface area contributed by atoms with E-state index in [4.69, 9.17) is 0 Å². The van der Waals surface area contributed by atoms with E-state index in [-0.39, 0.29) is 5.78 Å². The maximum absolute atomic E-state index is 11.3. The zero-order valence-electron chi connectivity index (χ0n) is 6.47. The van der Waals surface area contributed by atoms with Gasteiger partial charge < -0.3 is 0 Å². The summed E-state index contributed by atoms with van der Waals surface area (Å²) in [4.78, 5) is 36.3. The maximum Gasteiger partial charge on any atom is 0.342 e. The molecule has 13 heavy (non-hydrogen) atoms. The molecule has 7 nitrogen and oxygen atoms in total. The minimum absolute atomic E-state index is 0.0110. The van der Waals surface area contributed by atoms with Crippen LogP contribution in [0, 0.1) is 0 Å². The summed E-state index contributed by atoms with van der Waals surface area (Å²) in [7, 11) is 1.27. The Morgan fingerprint density at radius 2 is 2.08 bits per heavy atom. The molecule has 0 amide bonds. The SMILES string of the molecule is Bn1c(=O)nc2[nH]sc(=O)n2c1=O. The molecule has 0 fully saturated rings. The number of fused-ring (bicyclic) bond motifs is 1. The van der Waals surface area contributed by atoms with Crippen LogP contribution in [0.1, 0.15) is 0 Å². The van der Waals surface area contributed by atoms with Crippen LogP contribution in [0.4, 0.5) is 0 Å². The molecule has 0 radical (unpaired) electrons. The van der Waals surface area contributed by atoms with Gasteiger partial charge in [-0.3, -0.25) is 13.6 Å². The number of aromatic amines is 1. The second kappa shape index (κ2) is 2.42.